The number of rotatable bonds is 8. The lowest BCUT2D eigenvalue weighted by Crippen LogP contribution is -2.35. The SMILES string of the molecule is CC(=O)N1CCc2c(c(-c3cccc4[nH]ccc34)nn2C2CCOCC2)C1.CC(=O)N1CCc2c(c(-c3cccc4ccncc34)nn2C2CCOCC2)C1.CC(=O)N1CCc2c(c(-c3cccc4nc(N)ncc34)nn2C2CCOCC2)C1.CC(=O)N1CCc2c(c(C3=CNC4N=CC(C(F)(F)F)=CC34)nn2C2CCOCC2)C1. The van der Waals surface area contributed by atoms with Gasteiger partial charge < -0.3 is 54.6 Å². The van der Waals surface area contributed by atoms with Crippen LogP contribution in [0.4, 0.5) is 19.1 Å². The summed E-state index contributed by atoms with van der Waals surface area (Å²) in [5.74, 6) is 0.0201. The molecule has 2 unspecified atom stereocenters. The van der Waals surface area contributed by atoms with Gasteiger partial charge in [0, 0.05) is 291 Å². The Hall–Kier alpha value is -11.0. The molecule has 3 aromatic carbocycles. The minimum absolute atomic E-state index is 0.0201. The Morgan fingerprint density at radius 1 is 0.496 bits per heavy atom. The lowest BCUT2D eigenvalue weighted by atomic mass is 9.90. The topological polar surface area (TPSA) is 294 Å². The Bertz CT molecular complexity index is 5430. The maximum absolute atomic E-state index is 13.3. The van der Waals surface area contributed by atoms with Crippen LogP contribution in [0.3, 0.4) is 0 Å². The number of halogens is 3. The van der Waals surface area contributed by atoms with E-state index in [1.54, 1.807) is 38.1 Å². The van der Waals surface area contributed by atoms with Gasteiger partial charge in [-0.15, -0.1) is 0 Å². The van der Waals surface area contributed by atoms with Crippen molar-refractivity contribution in [2.75, 3.05) is 84.8 Å². The van der Waals surface area contributed by atoms with Crippen molar-refractivity contribution < 1.29 is 51.3 Å². The molecule has 20 rings (SSSR count). The third-order valence-corrected chi connectivity index (χ3v) is 24.4. The van der Waals surface area contributed by atoms with Gasteiger partial charge in [0.05, 0.1) is 58.0 Å². The van der Waals surface area contributed by atoms with Crippen LogP contribution in [0, 0.1) is 5.92 Å². The van der Waals surface area contributed by atoms with Crippen molar-refractivity contribution in [1.29, 1.82) is 0 Å². The molecular formula is C85H96F3N19O8. The normalized spacial score (nSPS) is 20.0. The molecule has 0 bridgehead atoms. The second-order valence-electron chi connectivity index (χ2n) is 31.3. The smallest absolute Gasteiger partial charge is 0.381 e. The molecule has 0 spiro atoms. The highest BCUT2D eigenvalue weighted by molar-refractivity contribution is 5.98. The fourth-order valence-electron chi connectivity index (χ4n) is 18.2. The minimum atomic E-state index is -4.45. The molecule has 600 valence electrons. The molecular weight excluding hydrogens is 1470 g/mol. The first-order chi connectivity index (χ1) is 55.9. The van der Waals surface area contributed by atoms with Crippen LogP contribution < -0.4 is 11.1 Å². The van der Waals surface area contributed by atoms with Gasteiger partial charge in [0.2, 0.25) is 29.6 Å². The molecule has 2 atom stereocenters. The van der Waals surface area contributed by atoms with Crippen LogP contribution >= 0.6 is 0 Å². The van der Waals surface area contributed by atoms with Crippen molar-refractivity contribution in [1.82, 2.24) is 84.0 Å². The molecule has 4 saturated heterocycles. The molecule has 17 heterocycles. The summed E-state index contributed by atoms with van der Waals surface area (Å²) in [5, 5.41) is 27.7. The number of hydrogen-bond acceptors (Lipinski definition) is 18. The number of aromatic nitrogens is 12. The number of anilines is 1. The minimum Gasteiger partial charge on any atom is -0.381 e. The van der Waals surface area contributed by atoms with Gasteiger partial charge in [0.1, 0.15) is 6.17 Å². The summed E-state index contributed by atoms with van der Waals surface area (Å²) in [6.45, 7) is 17.6. The number of nitrogens with zero attached hydrogens (tertiary/aromatic N) is 16. The highest BCUT2D eigenvalue weighted by atomic mass is 19.4. The van der Waals surface area contributed by atoms with Gasteiger partial charge >= 0.3 is 6.18 Å². The highest BCUT2D eigenvalue weighted by Gasteiger charge is 2.43. The summed E-state index contributed by atoms with van der Waals surface area (Å²) in [5.41, 5.74) is 23.8. The second kappa shape index (κ2) is 32.7. The Labute approximate surface area is 663 Å². The van der Waals surface area contributed by atoms with Gasteiger partial charge in [-0.2, -0.15) is 33.6 Å². The van der Waals surface area contributed by atoms with E-state index in [-0.39, 0.29) is 35.6 Å². The van der Waals surface area contributed by atoms with E-state index in [1.807, 2.05) is 62.2 Å². The van der Waals surface area contributed by atoms with Gasteiger partial charge in [-0.1, -0.05) is 48.5 Å². The van der Waals surface area contributed by atoms with Crippen molar-refractivity contribution in [3.8, 4) is 33.8 Å². The van der Waals surface area contributed by atoms with Crippen molar-refractivity contribution in [3.63, 3.8) is 0 Å². The quantitative estimate of drug-likeness (QED) is 0.127. The number of H-pyrrole nitrogens is 1. The first kappa shape index (κ1) is 76.7. The van der Waals surface area contributed by atoms with Crippen LogP contribution in [0.15, 0.2) is 114 Å². The number of hydrogen-bond donors (Lipinski definition) is 3. The van der Waals surface area contributed by atoms with Crippen molar-refractivity contribution in [2.45, 2.75) is 167 Å². The zero-order valence-corrected chi connectivity index (χ0v) is 65.3. The maximum atomic E-state index is 13.3. The standard InChI is InChI=1S/C22H24N4O2.C21H24F3N5O2.C21H24N6O2.C21H24N4O2/c1-15(27)25-10-6-21-20(14-25)22(24-26(21)17-7-11-28-12-8-17)18-4-2-3-16-5-9-23-13-19(16)18;1-12(30)28-5-2-18-17(11-28)19(27-29(18)14-3-6-31-7-4-14)16-10-26-20-15(16)8-13(9-25-20)21(22,23)24;1-13(28)26-8-5-19-17(12-26)20(25-27(19)14-6-9-29-10-7-14)15-3-2-4-18-16(15)11-23-21(22)24-18;1-14(26)24-10-6-20-18(13-24)21(23-25(20)15-7-11-27-12-8-15)17-3-2-4-19-16(17)5-9-22-19/h2-5,9,13,17H,6-8,10-12,14H2,1H3;8-10,14-15,20,26H,2-7,11H2,1H3;2-4,11,14H,5-10,12H2,1H3,(H2,22,23,24);2-5,9,15,22H,6-8,10-13H2,1H3. The van der Waals surface area contributed by atoms with E-state index >= 15 is 0 Å². The second-order valence-corrected chi connectivity index (χ2v) is 31.3. The first-order valence-corrected chi connectivity index (χ1v) is 40.3. The molecule has 7 aromatic heterocycles. The summed E-state index contributed by atoms with van der Waals surface area (Å²) < 4.78 is 70.8. The largest absolute Gasteiger partial charge is 0.417 e. The number of pyridine rings is 1. The molecule has 10 aromatic rings. The van der Waals surface area contributed by atoms with E-state index in [9.17, 15) is 32.3 Å². The van der Waals surface area contributed by atoms with Crippen LogP contribution in [0.25, 0.3) is 71.9 Å². The monoisotopic (exact) mass is 1570 g/mol. The van der Waals surface area contributed by atoms with Crippen LogP contribution in [-0.4, -0.2) is 200 Å². The molecule has 27 nitrogen and oxygen atoms in total. The number of carbonyl (C=O) groups excluding carboxylic acids is 4. The fourth-order valence-corrected chi connectivity index (χ4v) is 18.2. The molecule has 4 N–H and O–H groups in total. The summed E-state index contributed by atoms with van der Waals surface area (Å²) in [6.07, 6.45) is 17.2. The molecule has 0 radical (unpaired) electrons. The number of aromatic amines is 1. The number of alkyl halides is 3. The van der Waals surface area contributed by atoms with E-state index in [2.05, 4.69) is 86.8 Å². The van der Waals surface area contributed by atoms with Crippen LogP contribution in [-0.2, 0) is 90.0 Å². The summed E-state index contributed by atoms with van der Waals surface area (Å²) in [6, 6.07) is 23.9. The molecule has 115 heavy (non-hydrogen) atoms. The van der Waals surface area contributed by atoms with Crippen LogP contribution in [0.1, 0.15) is 154 Å². The Morgan fingerprint density at radius 3 is 1.37 bits per heavy atom. The average Bonchev–Trinajstić information content (AvgIpc) is 1.49. The van der Waals surface area contributed by atoms with E-state index in [0.717, 1.165) is 214 Å². The Kier molecular flexibility index (Phi) is 21.8. The first-order valence-electron chi connectivity index (χ1n) is 40.3. The Morgan fingerprint density at radius 2 is 0.913 bits per heavy atom. The van der Waals surface area contributed by atoms with Gasteiger partial charge in [-0.05, 0) is 81.0 Å². The number of nitrogen functional groups attached to an aromatic ring is 1. The molecule has 0 saturated carbocycles. The molecule has 30 heteroatoms. The van der Waals surface area contributed by atoms with Gasteiger partial charge in [0.25, 0.3) is 0 Å². The lowest BCUT2D eigenvalue weighted by Gasteiger charge is -2.29. The highest BCUT2D eigenvalue weighted by Crippen LogP contribution is 2.44. The molecule has 0 aliphatic carbocycles. The fraction of sp³-hybridized carbons (Fsp3) is 0.459. The van der Waals surface area contributed by atoms with Gasteiger partial charge in [-0.25, -0.2) is 9.97 Å². The molecule has 10 aliphatic heterocycles. The Balaban J connectivity index is 0.000000111. The molecule has 4 amide bonds. The summed E-state index contributed by atoms with van der Waals surface area (Å²) >= 11 is 0. The summed E-state index contributed by atoms with van der Waals surface area (Å²) in [4.78, 5) is 75.9. The molecule has 10 aliphatic rings. The average molecular weight is 1570 g/mol. The van der Waals surface area contributed by atoms with Crippen molar-refractivity contribution in [2.24, 2.45) is 10.9 Å². The number of nitrogens with two attached hydrogens (primary N) is 1. The number of fused-ring (bicyclic) bond motifs is 8. The maximum Gasteiger partial charge on any atom is 0.417 e. The van der Waals surface area contributed by atoms with E-state index in [1.165, 1.54) is 46.6 Å². The van der Waals surface area contributed by atoms with E-state index in [4.69, 9.17) is 45.1 Å². The number of dihydropyridines is 1. The van der Waals surface area contributed by atoms with Gasteiger partial charge in [-0.3, -0.25) is 47.9 Å². The number of benzene rings is 3. The van der Waals surface area contributed by atoms with E-state index < -0.39 is 23.8 Å². The zero-order chi connectivity index (χ0) is 79.2. The zero-order valence-electron chi connectivity index (χ0n) is 65.3. The summed E-state index contributed by atoms with van der Waals surface area (Å²) in [7, 11) is 0. The third-order valence-electron chi connectivity index (χ3n) is 24.4. The third kappa shape index (κ3) is 15.4. The predicted molar refractivity (Wildman–Crippen MR) is 426 cm³/mol. The van der Waals surface area contributed by atoms with Crippen molar-refractivity contribution >= 4 is 73.9 Å². The number of nitrogens with one attached hydrogen (secondary N) is 2. The number of allylic oxidation sites excluding steroid dienone is 1. The number of amides is 4. The van der Waals surface area contributed by atoms with E-state index in [0.29, 0.717) is 81.8 Å². The number of aliphatic imine (C=N–C) groups is 1. The van der Waals surface area contributed by atoms with Crippen LogP contribution in [0.2, 0.25) is 0 Å². The van der Waals surface area contributed by atoms with Crippen LogP contribution in [0.5, 0.6) is 0 Å². The predicted octanol–water partition coefficient (Wildman–Crippen LogP) is 11.6. The number of carbonyl (C=O) groups is 4. The molecule has 4 fully saturated rings. The van der Waals surface area contributed by atoms with Crippen molar-refractivity contribution in [3.05, 3.63) is 160 Å². The lowest BCUT2D eigenvalue weighted by molar-refractivity contribution is -0.130. The van der Waals surface area contributed by atoms with Gasteiger partial charge in [0.15, 0.2) is 0 Å². The number of ether oxygens (including phenoxy) is 4.